The lowest BCUT2D eigenvalue weighted by Gasteiger charge is -2.39. The van der Waals surface area contributed by atoms with E-state index < -0.39 is 5.41 Å². The second-order valence-corrected chi connectivity index (χ2v) is 5.57. The second-order valence-electron chi connectivity index (χ2n) is 5.57. The van der Waals surface area contributed by atoms with Crippen molar-refractivity contribution in [3.8, 4) is 0 Å². The Morgan fingerprint density at radius 1 is 1.53 bits per heavy atom. The molecule has 0 aromatic carbocycles. The summed E-state index contributed by atoms with van der Waals surface area (Å²) >= 11 is 0. The minimum absolute atomic E-state index is 0.00547. The van der Waals surface area contributed by atoms with Crippen molar-refractivity contribution in [2.75, 3.05) is 13.1 Å². The molecule has 4 nitrogen and oxygen atoms in total. The van der Waals surface area contributed by atoms with Gasteiger partial charge in [0.05, 0.1) is 5.41 Å². The topological polar surface area (TPSA) is 49.4 Å². The molecule has 0 radical (unpaired) electrons. The Hall–Kier alpha value is -1.06. The van der Waals surface area contributed by atoms with E-state index in [-0.39, 0.29) is 11.8 Å². The van der Waals surface area contributed by atoms with Crippen LogP contribution in [0, 0.1) is 5.41 Å². The molecule has 0 aromatic rings. The first-order chi connectivity index (χ1) is 8.07. The summed E-state index contributed by atoms with van der Waals surface area (Å²) in [4.78, 5) is 25.9. The third kappa shape index (κ3) is 2.31. The average molecular weight is 238 g/mol. The summed E-state index contributed by atoms with van der Waals surface area (Å²) in [5.74, 6) is 0.174. The molecular formula is C13H22N2O2. The van der Waals surface area contributed by atoms with Gasteiger partial charge in [0.1, 0.15) is 0 Å². The molecule has 2 amide bonds. The highest BCUT2D eigenvalue weighted by Crippen LogP contribution is 2.31. The molecule has 2 rings (SSSR count). The molecule has 17 heavy (non-hydrogen) atoms. The quantitative estimate of drug-likeness (QED) is 0.788. The maximum absolute atomic E-state index is 12.6. The van der Waals surface area contributed by atoms with Gasteiger partial charge in [0.2, 0.25) is 11.8 Å². The molecule has 0 spiro atoms. The number of nitrogens with one attached hydrogen (secondary N) is 1. The van der Waals surface area contributed by atoms with Gasteiger partial charge < -0.3 is 10.2 Å². The van der Waals surface area contributed by atoms with Crippen LogP contribution >= 0.6 is 0 Å². The Labute approximate surface area is 103 Å². The van der Waals surface area contributed by atoms with Gasteiger partial charge in [-0.05, 0) is 32.6 Å². The molecule has 0 saturated carbocycles. The van der Waals surface area contributed by atoms with E-state index in [1.54, 1.807) is 0 Å². The fraction of sp³-hybridized carbons (Fsp3) is 0.846. The largest absolute Gasteiger partial charge is 0.355 e. The standard InChI is InChI=1S/C13H22N2O2/c1-3-10-6-4-5-7-15(10)12(17)13(2)8-11(16)14-9-13/h10H,3-9H2,1-2H3,(H,14,16). The summed E-state index contributed by atoms with van der Waals surface area (Å²) in [6.07, 6.45) is 4.79. The van der Waals surface area contributed by atoms with Crippen molar-refractivity contribution < 1.29 is 9.59 Å². The summed E-state index contributed by atoms with van der Waals surface area (Å²) < 4.78 is 0. The number of carbonyl (C=O) groups excluding carboxylic acids is 2. The van der Waals surface area contributed by atoms with Crippen LogP contribution in [0.15, 0.2) is 0 Å². The zero-order chi connectivity index (χ0) is 12.5. The fourth-order valence-corrected chi connectivity index (χ4v) is 2.96. The Morgan fingerprint density at radius 3 is 2.88 bits per heavy atom. The highest BCUT2D eigenvalue weighted by Gasteiger charge is 2.44. The Morgan fingerprint density at radius 2 is 2.29 bits per heavy atom. The third-order valence-electron chi connectivity index (χ3n) is 4.10. The summed E-state index contributed by atoms with van der Waals surface area (Å²) in [5.41, 5.74) is -0.512. The molecule has 2 aliphatic heterocycles. The molecule has 1 N–H and O–H groups in total. The van der Waals surface area contributed by atoms with Crippen LogP contribution in [0.3, 0.4) is 0 Å². The van der Waals surface area contributed by atoms with Crippen LogP contribution in [0.2, 0.25) is 0 Å². The lowest BCUT2D eigenvalue weighted by molar-refractivity contribution is -0.145. The molecule has 2 aliphatic rings. The van der Waals surface area contributed by atoms with Crippen LogP contribution in [-0.2, 0) is 9.59 Å². The highest BCUT2D eigenvalue weighted by atomic mass is 16.2. The van der Waals surface area contributed by atoms with Crippen molar-refractivity contribution in [2.24, 2.45) is 5.41 Å². The molecule has 2 fully saturated rings. The van der Waals surface area contributed by atoms with E-state index in [1.165, 1.54) is 6.42 Å². The molecule has 0 aromatic heterocycles. The van der Waals surface area contributed by atoms with E-state index in [2.05, 4.69) is 12.2 Å². The van der Waals surface area contributed by atoms with Gasteiger partial charge >= 0.3 is 0 Å². The Balaban J connectivity index is 2.10. The van der Waals surface area contributed by atoms with Crippen LogP contribution in [0.4, 0.5) is 0 Å². The van der Waals surface area contributed by atoms with Crippen LogP contribution in [0.5, 0.6) is 0 Å². The third-order valence-corrected chi connectivity index (χ3v) is 4.10. The van der Waals surface area contributed by atoms with Crippen LogP contribution < -0.4 is 5.32 Å². The number of rotatable bonds is 2. The number of hydrogen-bond donors (Lipinski definition) is 1. The molecule has 4 heteroatoms. The lowest BCUT2D eigenvalue weighted by atomic mass is 9.86. The molecular weight excluding hydrogens is 216 g/mol. The van der Waals surface area contributed by atoms with E-state index in [1.807, 2.05) is 11.8 Å². The normalized spacial score (nSPS) is 33.6. The van der Waals surface area contributed by atoms with Gasteiger partial charge in [0.15, 0.2) is 0 Å². The number of hydrogen-bond acceptors (Lipinski definition) is 2. The first-order valence-corrected chi connectivity index (χ1v) is 6.64. The van der Waals surface area contributed by atoms with Crippen LogP contribution in [0.1, 0.15) is 46.0 Å². The minimum atomic E-state index is -0.512. The van der Waals surface area contributed by atoms with E-state index in [0.29, 0.717) is 19.0 Å². The zero-order valence-corrected chi connectivity index (χ0v) is 10.8. The fourth-order valence-electron chi connectivity index (χ4n) is 2.96. The van der Waals surface area contributed by atoms with E-state index in [9.17, 15) is 9.59 Å². The van der Waals surface area contributed by atoms with E-state index in [4.69, 9.17) is 0 Å². The minimum Gasteiger partial charge on any atom is -0.355 e. The van der Waals surface area contributed by atoms with Gasteiger partial charge in [-0.3, -0.25) is 9.59 Å². The number of nitrogens with zero attached hydrogens (tertiary/aromatic N) is 1. The Bertz CT molecular complexity index is 329. The number of carbonyl (C=O) groups is 2. The van der Waals surface area contributed by atoms with Crippen molar-refractivity contribution >= 4 is 11.8 Å². The summed E-state index contributed by atoms with van der Waals surface area (Å²) in [6, 6.07) is 0.378. The van der Waals surface area contributed by atoms with Gasteiger partial charge in [-0.2, -0.15) is 0 Å². The molecule has 2 atom stereocenters. The van der Waals surface area contributed by atoms with Crippen LogP contribution in [0.25, 0.3) is 0 Å². The number of likely N-dealkylation sites (tertiary alicyclic amines) is 1. The second kappa shape index (κ2) is 4.67. The van der Waals surface area contributed by atoms with Crippen molar-refractivity contribution in [3.63, 3.8) is 0 Å². The van der Waals surface area contributed by atoms with E-state index in [0.717, 1.165) is 25.8 Å². The van der Waals surface area contributed by atoms with Crippen molar-refractivity contribution in [2.45, 2.75) is 52.0 Å². The van der Waals surface area contributed by atoms with E-state index >= 15 is 0 Å². The number of amides is 2. The van der Waals surface area contributed by atoms with Crippen molar-refractivity contribution in [1.29, 1.82) is 0 Å². The first kappa shape index (κ1) is 12.4. The SMILES string of the molecule is CCC1CCCCN1C(=O)C1(C)CNC(=O)C1. The van der Waals surface area contributed by atoms with Gasteiger partial charge in [-0.25, -0.2) is 0 Å². The number of piperidine rings is 1. The monoisotopic (exact) mass is 238 g/mol. The van der Waals surface area contributed by atoms with Gasteiger partial charge in [-0.15, -0.1) is 0 Å². The summed E-state index contributed by atoms with van der Waals surface area (Å²) in [6.45, 7) is 5.41. The molecule has 0 aliphatic carbocycles. The maximum atomic E-state index is 12.6. The predicted molar refractivity (Wildman–Crippen MR) is 65.4 cm³/mol. The van der Waals surface area contributed by atoms with Gasteiger partial charge in [-0.1, -0.05) is 6.92 Å². The highest BCUT2D eigenvalue weighted by molar-refractivity contribution is 5.92. The summed E-state index contributed by atoms with van der Waals surface area (Å²) in [5, 5.41) is 2.78. The average Bonchev–Trinajstić information content (AvgIpc) is 2.69. The lowest BCUT2D eigenvalue weighted by Crippen LogP contribution is -2.50. The predicted octanol–water partition coefficient (Wildman–Crippen LogP) is 1.30. The summed E-state index contributed by atoms with van der Waals surface area (Å²) in [7, 11) is 0. The van der Waals surface area contributed by atoms with Gasteiger partial charge in [0, 0.05) is 25.6 Å². The Kier molecular flexibility index (Phi) is 3.40. The first-order valence-electron chi connectivity index (χ1n) is 6.64. The molecule has 2 heterocycles. The molecule has 0 bridgehead atoms. The maximum Gasteiger partial charge on any atom is 0.231 e. The van der Waals surface area contributed by atoms with Crippen LogP contribution in [-0.4, -0.2) is 35.8 Å². The molecule has 2 saturated heterocycles. The molecule has 96 valence electrons. The smallest absolute Gasteiger partial charge is 0.231 e. The zero-order valence-electron chi connectivity index (χ0n) is 10.8. The van der Waals surface area contributed by atoms with Gasteiger partial charge in [0.25, 0.3) is 0 Å². The van der Waals surface area contributed by atoms with Crippen molar-refractivity contribution in [1.82, 2.24) is 10.2 Å². The molecule has 2 unspecified atom stereocenters. The van der Waals surface area contributed by atoms with Crippen molar-refractivity contribution in [3.05, 3.63) is 0 Å².